The van der Waals surface area contributed by atoms with Gasteiger partial charge in [-0.05, 0) is 0 Å². The number of aliphatic hydroxyl groups excluding tert-OH is 3. The lowest BCUT2D eigenvalue weighted by Gasteiger charge is -2.16. The summed E-state index contributed by atoms with van der Waals surface area (Å²) < 4.78 is 6.81. The number of hydrogen-bond acceptors (Lipinski definition) is 9. The van der Waals surface area contributed by atoms with Gasteiger partial charge in [-0.25, -0.2) is 20.5 Å². The van der Waals surface area contributed by atoms with Crippen molar-refractivity contribution in [2.24, 2.45) is 5.11 Å². The number of hydrogen-bond donors (Lipinski definition) is 4. The fraction of sp³-hybridized carbons (Fsp3) is 0.500. The average molecular weight is 280 g/mol. The maximum absolute atomic E-state index is 9.98. The molecule has 0 aliphatic carbocycles. The molecule has 0 saturated carbocycles. The van der Waals surface area contributed by atoms with Crippen LogP contribution < -0.4 is 0 Å². The number of nitrogens with zero attached hydrogens (tertiary/aromatic N) is 5. The number of imidazole rings is 1. The molecule has 10 heteroatoms. The lowest BCUT2D eigenvalue weighted by molar-refractivity contribution is -0.0511. The molecule has 1 fully saturated rings. The highest BCUT2D eigenvalue weighted by molar-refractivity contribution is 5.80. The zero-order valence-corrected chi connectivity index (χ0v) is 10.2. The molecular formula is C10H12N6O4. The molecule has 3 heterocycles. The molecular weight excluding hydrogens is 268 g/mol. The number of nitrogens with one attached hydrogen (secondary N) is 1. The first kappa shape index (κ1) is 13.0. The van der Waals surface area contributed by atoms with Crippen molar-refractivity contribution in [3.05, 3.63) is 12.7 Å². The molecule has 106 valence electrons. The zero-order valence-electron chi connectivity index (χ0n) is 10.2. The summed E-state index contributed by atoms with van der Waals surface area (Å²) in [5, 5.41) is 32.0. The lowest BCUT2D eigenvalue weighted by atomic mass is 10.1. The monoisotopic (exact) mass is 280 g/mol. The van der Waals surface area contributed by atoms with Gasteiger partial charge in [0, 0.05) is 0 Å². The predicted molar refractivity (Wildman–Crippen MR) is 63.1 cm³/mol. The van der Waals surface area contributed by atoms with Gasteiger partial charge in [0.15, 0.2) is 17.4 Å². The van der Waals surface area contributed by atoms with Crippen LogP contribution in [-0.4, -0.2) is 59.8 Å². The van der Waals surface area contributed by atoms with Crippen LogP contribution >= 0.6 is 0 Å². The van der Waals surface area contributed by atoms with Gasteiger partial charge in [-0.1, -0.05) is 0 Å². The minimum atomic E-state index is -1.23. The lowest BCUT2D eigenvalue weighted by Crippen LogP contribution is -2.33. The molecule has 2 aromatic heterocycles. The Balaban J connectivity index is 2.05. The molecule has 0 aromatic carbocycles. The second-order valence-corrected chi connectivity index (χ2v) is 4.36. The van der Waals surface area contributed by atoms with Gasteiger partial charge >= 0.3 is 0 Å². The summed E-state index contributed by atoms with van der Waals surface area (Å²) in [6, 6.07) is 0. The molecule has 0 spiro atoms. The smallest absolute Gasteiger partial charge is 0.205 e. The molecule has 10 nitrogen and oxygen atoms in total. The van der Waals surface area contributed by atoms with Gasteiger partial charge in [-0.3, -0.25) is 4.57 Å². The Labute approximate surface area is 112 Å². The van der Waals surface area contributed by atoms with Crippen LogP contribution in [0.15, 0.2) is 17.8 Å². The van der Waals surface area contributed by atoms with E-state index in [0.717, 1.165) is 0 Å². The molecule has 20 heavy (non-hydrogen) atoms. The Kier molecular flexibility index (Phi) is 3.14. The third-order valence-electron chi connectivity index (χ3n) is 3.24. The van der Waals surface area contributed by atoms with E-state index in [1.807, 2.05) is 0 Å². The van der Waals surface area contributed by atoms with Crippen LogP contribution in [0.5, 0.6) is 0 Å². The first-order valence-electron chi connectivity index (χ1n) is 5.84. The van der Waals surface area contributed by atoms with Crippen LogP contribution in [-0.2, 0) is 4.74 Å². The minimum Gasteiger partial charge on any atom is -0.394 e. The first-order valence-corrected chi connectivity index (χ1v) is 5.84. The van der Waals surface area contributed by atoms with E-state index in [9.17, 15) is 10.2 Å². The van der Waals surface area contributed by atoms with E-state index in [1.54, 1.807) is 0 Å². The van der Waals surface area contributed by atoms with Crippen molar-refractivity contribution in [2.75, 3.05) is 6.61 Å². The molecule has 4 atom stereocenters. The summed E-state index contributed by atoms with van der Waals surface area (Å²) >= 11 is 0. The van der Waals surface area contributed by atoms with Crippen molar-refractivity contribution in [2.45, 2.75) is 24.5 Å². The van der Waals surface area contributed by atoms with Crippen LogP contribution in [0.25, 0.3) is 11.2 Å². The summed E-state index contributed by atoms with van der Waals surface area (Å²) in [4.78, 5) is 11.8. The SMILES string of the molecule is N=Nc1ncnc2c1ncn2C1O[C@@H](CO)C(O)C1O. The molecule has 1 saturated heterocycles. The quantitative estimate of drug-likeness (QED) is 0.532. The highest BCUT2D eigenvalue weighted by atomic mass is 16.6. The van der Waals surface area contributed by atoms with Crippen molar-refractivity contribution in [3.8, 4) is 0 Å². The molecule has 0 amide bonds. The van der Waals surface area contributed by atoms with Gasteiger partial charge in [0.05, 0.1) is 12.9 Å². The third-order valence-corrected chi connectivity index (χ3v) is 3.24. The summed E-state index contributed by atoms with van der Waals surface area (Å²) in [5.41, 5.74) is 7.62. The molecule has 1 aliphatic heterocycles. The number of ether oxygens (including phenoxy) is 1. The van der Waals surface area contributed by atoms with E-state index in [0.29, 0.717) is 11.2 Å². The fourth-order valence-electron chi connectivity index (χ4n) is 2.22. The predicted octanol–water partition coefficient (Wildman–Crippen LogP) is -0.900. The van der Waals surface area contributed by atoms with Crippen molar-refractivity contribution in [3.63, 3.8) is 0 Å². The van der Waals surface area contributed by atoms with Crippen molar-refractivity contribution in [1.29, 1.82) is 5.53 Å². The maximum atomic E-state index is 9.98. The van der Waals surface area contributed by atoms with Crippen LogP contribution in [0.2, 0.25) is 0 Å². The Bertz CT molecular complexity index is 646. The van der Waals surface area contributed by atoms with E-state index in [-0.39, 0.29) is 5.82 Å². The summed E-state index contributed by atoms with van der Waals surface area (Å²) in [6.45, 7) is -0.413. The van der Waals surface area contributed by atoms with Crippen LogP contribution in [0.4, 0.5) is 5.82 Å². The first-order chi connectivity index (χ1) is 9.67. The topological polar surface area (TPSA) is 150 Å². The second-order valence-electron chi connectivity index (χ2n) is 4.36. The second kappa shape index (κ2) is 4.83. The Hall–Kier alpha value is -2.01. The number of aliphatic hydroxyl groups is 3. The van der Waals surface area contributed by atoms with Gasteiger partial charge in [-0.2, -0.15) is 0 Å². The minimum absolute atomic E-state index is 0.0977. The average Bonchev–Trinajstić information content (AvgIpc) is 3.01. The van der Waals surface area contributed by atoms with E-state index >= 15 is 0 Å². The summed E-state index contributed by atoms with van der Waals surface area (Å²) in [7, 11) is 0. The number of rotatable bonds is 3. The standard InChI is InChI=1S/C10H12N6O4/c11-15-8-5-9(13-2-12-8)16(3-14-5)10-7(19)6(18)4(1-17)20-10/h2-4,6-7,10-11,17-19H,1H2/t4-,6?,7?,10?/m0/s1. The number of fused-ring (bicyclic) bond motifs is 1. The van der Waals surface area contributed by atoms with Gasteiger partial charge in [0.2, 0.25) is 5.82 Å². The van der Waals surface area contributed by atoms with Crippen LogP contribution in [0, 0.1) is 5.53 Å². The van der Waals surface area contributed by atoms with E-state index < -0.39 is 31.1 Å². The summed E-state index contributed by atoms with van der Waals surface area (Å²) in [6.07, 6.45) is -1.67. The van der Waals surface area contributed by atoms with Crippen molar-refractivity contribution in [1.82, 2.24) is 19.5 Å². The Morgan fingerprint density at radius 2 is 2.10 bits per heavy atom. The van der Waals surface area contributed by atoms with Crippen LogP contribution in [0.1, 0.15) is 6.23 Å². The van der Waals surface area contributed by atoms with Gasteiger partial charge in [-0.15, -0.1) is 5.11 Å². The Morgan fingerprint density at radius 1 is 1.30 bits per heavy atom. The Morgan fingerprint density at radius 3 is 2.75 bits per heavy atom. The summed E-state index contributed by atoms with van der Waals surface area (Å²) in [5.74, 6) is 0.0977. The van der Waals surface area contributed by atoms with Crippen LogP contribution in [0.3, 0.4) is 0 Å². The highest BCUT2D eigenvalue weighted by Crippen LogP contribution is 2.32. The molecule has 1 aliphatic rings. The maximum Gasteiger partial charge on any atom is 0.205 e. The van der Waals surface area contributed by atoms with E-state index in [1.165, 1.54) is 17.2 Å². The molecule has 2 aromatic rings. The third kappa shape index (κ3) is 1.78. The highest BCUT2D eigenvalue weighted by Gasteiger charge is 2.43. The normalized spacial score (nSPS) is 29.9. The number of aromatic nitrogens is 4. The van der Waals surface area contributed by atoms with E-state index in [2.05, 4.69) is 20.1 Å². The fourth-order valence-corrected chi connectivity index (χ4v) is 2.22. The van der Waals surface area contributed by atoms with E-state index in [4.69, 9.17) is 15.4 Å². The largest absolute Gasteiger partial charge is 0.394 e. The molecule has 3 rings (SSSR count). The molecule has 0 bridgehead atoms. The molecule has 0 radical (unpaired) electrons. The zero-order chi connectivity index (χ0) is 14.3. The van der Waals surface area contributed by atoms with Gasteiger partial charge < -0.3 is 20.1 Å². The van der Waals surface area contributed by atoms with Crippen molar-refractivity contribution < 1.29 is 20.1 Å². The van der Waals surface area contributed by atoms with Crippen molar-refractivity contribution >= 4 is 17.0 Å². The molecule has 3 unspecified atom stereocenters. The van der Waals surface area contributed by atoms with Gasteiger partial charge in [0.1, 0.15) is 24.6 Å². The molecule has 4 N–H and O–H groups in total. The van der Waals surface area contributed by atoms with Gasteiger partial charge in [0.25, 0.3) is 0 Å².